The van der Waals surface area contributed by atoms with Gasteiger partial charge in [-0.2, -0.15) is 4.79 Å². The smallest absolute Gasteiger partial charge is 0.267 e. The van der Waals surface area contributed by atoms with Crippen LogP contribution in [0.5, 0.6) is 0 Å². The Morgan fingerprint density at radius 1 is 1.09 bits per heavy atom. The number of hydrogen-bond donors (Lipinski definition) is 1. The van der Waals surface area contributed by atoms with Gasteiger partial charge in [0.25, 0.3) is 5.91 Å². The van der Waals surface area contributed by atoms with Gasteiger partial charge in [-0.25, -0.2) is 5.43 Å². The molecule has 2 aromatic carbocycles. The molecule has 1 heterocycles. The second-order valence-electron chi connectivity index (χ2n) is 4.75. The predicted molar refractivity (Wildman–Crippen MR) is 85.3 cm³/mol. The number of rotatable bonds is 3. The predicted octanol–water partition coefficient (Wildman–Crippen LogP) is 3.29. The highest BCUT2D eigenvalue weighted by molar-refractivity contribution is 6.30. The Hall–Kier alpha value is -2.66. The number of carbonyl (C=O) groups excluding carboxylic acids is 1. The molecule has 3 aromatic rings. The summed E-state index contributed by atoms with van der Waals surface area (Å²) < 4.78 is 0. The molecule has 0 saturated heterocycles. The number of nitrogens with zero attached hydrogens (tertiary/aromatic N) is 3. The molecule has 5 nitrogen and oxygen atoms in total. The fraction of sp³-hybridized carbons (Fsp3) is 0.0625. The molecule has 0 atom stereocenters. The van der Waals surface area contributed by atoms with Crippen LogP contribution < -0.4 is 5.43 Å². The Kier molecular flexibility index (Phi) is 3.89. The molecule has 0 unspecified atom stereocenters. The quantitative estimate of drug-likeness (QED) is 0.807. The summed E-state index contributed by atoms with van der Waals surface area (Å²) in [4.78, 5) is 13.6. The summed E-state index contributed by atoms with van der Waals surface area (Å²) in [7, 11) is 0. The molecule has 1 aromatic heterocycles. The van der Waals surface area contributed by atoms with Gasteiger partial charge < -0.3 is 0 Å². The molecule has 22 heavy (non-hydrogen) atoms. The first kappa shape index (κ1) is 14.3. The Labute approximate surface area is 132 Å². The molecule has 0 aliphatic carbocycles. The molecule has 110 valence electrons. The third-order valence-corrected chi connectivity index (χ3v) is 3.51. The van der Waals surface area contributed by atoms with Crippen molar-refractivity contribution in [3.8, 4) is 11.3 Å². The fourth-order valence-corrected chi connectivity index (χ4v) is 2.19. The van der Waals surface area contributed by atoms with E-state index in [1.807, 2.05) is 37.3 Å². The van der Waals surface area contributed by atoms with Crippen molar-refractivity contribution in [2.24, 2.45) is 0 Å². The third-order valence-electron chi connectivity index (χ3n) is 3.26. The number of amides is 1. The van der Waals surface area contributed by atoms with Crippen molar-refractivity contribution >= 4 is 17.5 Å². The average molecular weight is 313 g/mol. The summed E-state index contributed by atoms with van der Waals surface area (Å²) in [5.41, 5.74) is 5.64. The van der Waals surface area contributed by atoms with Crippen molar-refractivity contribution in [3.05, 3.63) is 70.9 Å². The van der Waals surface area contributed by atoms with Crippen LogP contribution in [0.4, 0.5) is 0 Å². The normalized spacial score (nSPS) is 10.5. The molecule has 1 N–H and O–H groups in total. The van der Waals surface area contributed by atoms with E-state index < -0.39 is 0 Å². The van der Waals surface area contributed by atoms with Gasteiger partial charge in [-0.3, -0.25) is 4.79 Å². The van der Waals surface area contributed by atoms with E-state index in [1.165, 1.54) is 4.79 Å². The molecule has 3 rings (SSSR count). The maximum atomic E-state index is 12.2. The lowest BCUT2D eigenvalue weighted by molar-refractivity contribution is 0.100. The van der Waals surface area contributed by atoms with Gasteiger partial charge in [0.05, 0.1) is 5.69 Å². The SMILES string of the molecule is Cc1c(-c2ccccc2)nnn1NC(=O)c1ccc(Cl)cc1. The molecule has 1 amide bonds. The molecular formula is C16H13ClN4O. The lowest BCUT2D eigenvalue weighted by Gasteiger charge is -2.06. The summed E-state index contributed by atoms with van der Waals surface area (Å²) >= 11 is 5.81. The van der Waals surface area contributed by atoms with E-state index in [1.54, 1.807) is 24.3 Å². The van der Waals surface area contributed by atoms with Crippen molar-refractivity contribution in [2.75, 3.05) is 5.43 Å². The number of nitrogens with one attached hydrogen (secondary N) is 1. The van der Waals surface area contributed by atoms with E-state index in [9.17, 15) is 4.79 Å². The van der Waals surface area contributed by atoms with Crippen LogP contribution in [0.2, 0.25) is 5.02 Å². The Balaban J connectivity index is 1.83. The highest BCUT2D eigenvalue weighted by Crippen LogP contribution is 2.19. The lowest BCUT2D eigenvalue weighted by atomic mass is 10.1. The first-order chi connectivity index (χ1) is 10.6. The summed E-state index contributed by atoms with van der Waals surface area (Å²) in [5.74, 6) is -0.274. The first-order valence-corrected chi connectivity index (χ1v) is 7.07. The molecule has 0 radical (unpaired) electrons. The summed E-state index contributed by atoms with van der Waals surface area (Å²) in [5, 5.41) is 8.69. The van der Waals surface area contributed by atoms with Crippen LogP contribution in [0.3, 0.4) is 0 Å². The topological polar surface area (TPSA) is 59.8 Å². The minimum absolute atomic E-state index is 0.274. The maximum absolute atomic E-state index is 12.2. The van der Waals surface area contributed by atoms with Gasteiger partial charge in [0.2, 0.25) is 0 Å². The van der Waals surface area contributed by atoms with E-state index in [0.29, 0.717) is 10.6 Å². The van der Waals surface area contributed by atoms with E-state index in [-0.39, 0.29) is 5.91 Å². The molecule has 0 spiro atoms. The van der Waals surface area contributed by atoms with Gasteiger partial charge in [-0.15, -0.1) is 5.10 Å². The lowest BCUT2D eigenvalue weighted by Crippen LogP contribution is -2.25. The standard InChI is InChI=1S/C16H13ClN4O/c1-11-15(12-5-3-2-4-6-12)18-20-21(11)19-16(22)13-7-9-14(17)10-8-13/h2-10H,1H3,(H,19,22). The number of halogens is 1. The van der Waals surface area contributed by atoms with Gasteiger partial charge in [0.15, 0.2) is 0 Å². The largest absolute Gasteiger partial charge is 0.271 e. The van der Waals surface area contributed by atoms with Crippen LogP contribution in [0.25, 0.3) is 11.3 Å². The van der Waals surface area contributed by atoms with Crippen LogP contribution in [0.1, 0.15) is 16.1 Å². The number of carbonyl (C=O) groups is 1. The number of hydrogen-bond acceptors (Lipinski definition) is 3. The van der Waals surface area contributed by atoms with Crippen LogP contribution in [0, 0.1) is 6.92 Å². The monoisotopic (exact) mass is 312 g/mol. The summed E-state index contributed by atoms with van der Waals surface area (Å²) in [6, 6.07) is 16.3. The first-order valence-electron chi connectivity index (χ1n) is 6.70. The molecular weight excluding hydrogens is 300 g/mol. The van der Waals surface area contributed by atoms with Gasteiger partial charge in [0, 0.05) is 16.1 Å². The van der Waals surface area contributed by atoms with Gasteiger partial charge in [-0.05, 0) is 36.4 Å². The highest BCUT2D eigenvalue weighted by atomic mass is 35.5. The number of benzene rings is 2. The fourth-order valence-electron chi connectivity index (χ4n) is 2.06. The minimum Gasteiger partial charge on any atom is -0.267 e. The van der Waals surface area contributed by atoms with Crippen LogP contribution in [0.15, 0.2) is 54.6 Å². The molecule has 0 bridgehead atoms. The summed E-state index contributed by atoms with van der Waals surface area (Å²) in [6.07, 6.45) is 0. The van der Waals surface area contributed by atoms with Crippen molar-refractivity contribution in [1.82, 2.24) is 15.1 Å². The van der Waals surface area contributed by atoms with Gasteiger partial charge in [-0.1, -0.05) is 41.9 Å². The zero-order valence-corrected chi connectivity index (χ0v) is 12.6. The second kappa shape index (κ2) is 5.99. The van der Waals surface area contributed by atoms with E-state index in [4.69, 9.17) is 11.6 Å². The average Bonchev–Trinajstić information content (AvgIpc) is 2.90. The Morgan fingerprint density at radius 3 is 2.45 bits per heavy atom. The van der Waals surface area contributed by atoms with Crippen molar-refractivity contribution < 1.29 is 4.79 Å². The molecule has 0 saturated carbocycles. The highest BCUT2D eigenvalue weighted by Gasteiger charge is 2.13. The maximum Gasteiger partial charge on any atom is 0.271 e. The summed E-state index contributed by atoms with van der Waals surface area (Å²) in [6.45, 7) is 1.85. The molecule has 6 heteroatoms. The van der Waals surface area contributed by atoms with E-state index in [2.05, 4.69) is 15.7 Å². The molecule has 0 fully saturated rings. The molecule has 0 aliphatic rings. The van der Waals surface area contributed by atoms with Gasteiger partial charge in [0.1, 0.15) is 5.69 Å². The zero-order valence-electron chi connectivity index (χ0n) is 11.8. The van der Waals surface area contributed by atoms with Crippen LogP contribution in [-0.4, -0.2) is 21.0 Å². The Morgan fingerprint density at radius 2 is 1.77 bits per heavy atom. The van der Waals surface area contributed by atoms with Crippen molar-refractivity contribution in [3.63, 3.8) is 0 Å². The van der Waals surface area contributed by atoms with Gasteiger partial charge >= 0.3 is 0 Å². The minimum atomic E-state index is -0.274. The van der Waals surface area contributed by atoms with Crippen molar-refractivity contribution in [1.29, 1.82) is 0 Å². The second-order valence-corrected chi connectivity index (χ2v) is 5.19. The third kappa shape index (κ3) is 2.84. The molecule has 0 aliphatic heterocycles. The van der Waals surface area contributed by atoms with Crippen molar-refractivity contribution in [2.45, 2.75) is 6.92 Å². The van der Waals surface area contributed by atoms with Crippen LogP contribution >= 0.6 is 11.6 Å². The zero-order chi connectivity index (χ0) is 15.5. The van der Waals surface area contributed by atoms with E-state index in [0.717, 1.165) is 17.0 Å². The number of aromatic nitrogens is 3. The van der Waals surface area contributed by atoms with Crippen LogP contribution in [-0.2, 0) is 0 Å². The van der Waals surface area contributed by atoms with E-state index >= 15 is 0 Å². The Bertz CT molecular complexity index is 797.